The molecule has 0 radical (unpaired) electrons. The predicted molar refractivity (Wildman–Crippen MR) is 99.3 cm³/mol. The summed E-state index contributed by atoms with van der Waals surface area (Å²) in [5.41, 5.74) is -1.02. The van der Waals surface area contributed by atoms with Gasteiger partial charge >= 0.3 is 12.1 Å². The molecular weight excluding hydrogens is 429 g/mol. The molecule has 0 aliphatic carbocycles. The van der Waals surface area contributed by atoms with Gasteiger partial charge in [0.15, 0.2) is 6.10 Å². The summed E-state index contributed by atoms with van der Waals surface area (Å²) in [6, 6.07) is 7.04. The molecule has 8 nitrogen and oxygen atoms in total. The van der Waals surface area contributed by atoms with Crippen LogP contribution in [0.25, 0.3) is 0 Å². The summed E-state index contributed by atoms with van der Waals surface area (Å²) in [7, 11) is -2.98. The van der Waals surface area contributed by atoms with Crippen LogP contribution in [0.4, 0.5) is 18.9 Å². The molecule has 3 N–H and O–H groups in total. The lowest BCUT2D eigenvalue weighted by molar-refractivity contribution is -0.137. The summed E-state index contributed by atoms with van der Waals surface area (Å²) in [6.45, 7) is 1.24. The van der Waals surface area contributed by atoms with Crippen LogP contribution in [0.5, 0.6) is 5.75 Å². The van der Waals surface area contributed by atoms with E-state index in [0.29, 0.717) is 0 Å². The number of nitrogens with two attached hydrogens (primary N) is 1. The predicted octanol–water partition coefficient (Wildman–Crippen LogP) is 2.55. The van der Waals surface area contributed by atoms with Gasteiger partial charge in [0.1, 0.15) is 10.6 Å². The molecule has 1 atom stereocenters. The number of ether oxygens (including phenoxy) is 2. The second-order valence-corrected chi connectivity index (χ2v) is 7.55. The molecule has 2 aromatic rings. The molecule has 0 saturated heterocycles. The van der Waals surface area contributed by atoms with E-state index in [9.17, 15) is 31.2 Å². The summed E-state index contributed by atoms with van der Waals surface area (Å²) in [6.07, 6.45) is -5.85. The van der Waals surface area contributed by atoms with Crippen molar-refractivity contribution in [2.75, 3.05) is 12.4 Å². The maximum absolute atomic E-state index is 12.6. The van der Waals surface area contributed by atoms with Crippen LogP contribution in [-0.4, -0.2) is 33.5 Å². The Morgan fingerprint density at radius 2 is 1.70 bits per heavy atom. The minimum absolute atomic E-state index is 0.0665. The number of methoxy groups -OCH3 is 1. The Hall–Kier alpha value is -3.12. The first-order valence-electron chi connectivity index (χ1n) is 8.23. The smallest absolute Gasteiger partial charge is 0.416 e. The molecule has 2 rings (SSSR count). The molecule has 0 aliphatic heterocycles. The van der Waals surface area contributed by atoms with E-state index in [4.69, 9.17) is 14.6 Å². The van der Waals surface area contributed by atoms with E-state index in [1.807, 2.05) is 0 Å². The van der Waals surface area contributed by atoms with Crippen LogP contribution in [0.1, 0.15) is 22.8 Å². The molecule has 1 unspecified atom stereocenters. The van der Waals surface area contributed by atoms with Gasteiger partial charge in [-0.2, -0.15) is 13.2 Å². The maximum atomic E-state index is 12.6. The molecule has 0 saturated carbocycles. The van der Waals surface area contributed by atoms with Crippen molar-refractivity contribution >= 4 is 27.6 Å². The molecule has 30 heavy (non-hydrogen) atoms. The first-order chi connectivity index (χ1) is 13.8. The normalized spacial score (nSPS) is 12.7. The van der Waals surface area contributed by atoms with E-state index in [2.05, 4.69) is 5.32 Å². The lowest BCUT2D eigenvalue weighted by Gasteiger charge is -2.15. The minimum Gasteiger partial charge on any atom is -0.495 e. The van der Waals surface area contributed by atoms with Gasteiger partial charge in [0.05, 0.1) is 18.2 Å². The first-order valence-corrected chi connectivity index (χ1v) is 9.77. The van der Waals surface area contributed by atoms with Gasteiger partial charge in [-0.05, 0) is 49.4 Å². The van der Waals surface area contributed by atoms with Gasteiger partial charge in [-0.1, -0.05) is 0 Å². The zero-order valence-electron chi connectivity index (χ0n) is 15.7. The number of hydrogen-bond donors (Lipinski definition) is 2. The number of hydrogen-bond acceptors (Lipinski definition) is 6. The van der Waals surface area contributed by atoms with Crippen LogP contribution in [0.15, 0.2) is 47.4 Å². The number of carbonyl (C=O) groups is 2. The Labute approximate surface area is 169 Å². The summed E-state index contributed by atoms with van der Waals surface area (Å²) in [4.78, 5) is 23.9. The number of esters is 1. The molecule has 1 amide bonds. The highest BCUT2D eigenvalue weighted by atomic mass is 32.2. The summed E-state index contributed by atoms with van der Waals surface area (Å²) in [5.74, 6) is -1.90. The van der Waals surface area contributed by atoms with Crippen molar-refractivity contribution < 1.29 is 40.7 Å². The number of primary sulfonamides is 1. The molecular formula is C18H17F3N2O6S. The van der Waals surface area contributed by atoms with Crippen molar-refractivity contribution in [1.29, 1.82) is 0 Å². The fourth-order valence-corrected chi connectivity index (χ4v) is 3.02. The lowest BCUT2D eigenvalue weighted by atomic mass is 10.2. The van der Waals surface area contributed by atoms with Crippen LogP contribution in [0.3, 0.4) is 0 Å². The summed E-state index contributed by atoms with van der Waals surface area (Å²) >= 11 is 0. The topological polar surface area (TPSA) is 125 Å². The quantitative estimate of drug-likeness (QED) is 0.657. The number of halogens is 3. The Bertz CT molecular complexity index is 1050. The highest BCUT2D eigenvalue weighted by molar-refractivity contribution is 7.89. The van der Waals surface area contributed by atoms with Crippen molar-refractivity contribution in [2.45, 2.75) is 24.1 Å². The fraction of sp³-hybridized carbons (Fsp3) is 0.222. The molecule has 0 aromatic heterocycles. The van der Waals surface area contributed by atoms with E-state index in [1.165, 1.54) is 26.2 Å². The van der Waals surface area contributed by atoms with Crippen molar-refractivity contribution in [3.05, 3.63) is 53.6 Å². The zero-order chi connectivity index (χ0) is 22.7. The monoisotopic (exact) mass is 446 g/mol. The third-order valence-corrected chi connectivity index (χ3v) is 4.77. The first kappa shape index (κ1) is 23.2. The maximum Gasteiger partial charge on any atom is 0.416 e. The zero-order valence-corrected chi connectivity index (χ0v) is 16.5. The number of carbonyl (C=O) groups excluding carboxylic acids is 2. The summed E-state index contributed by atoms with van der Waals surface area (Å²) < 4.78 is 70.8. The van der Waals surface area contributed by atoms with Crippen molar-refractivity contribution in [2.24, 2.45) is 5.14 Å². The van der Waals surface area contributed by atoms with E-state index in [0.717, 1.165) is 30.3 Å². The van der Waals surface area contributed by atoms with Gasteiger partial charge in [-0.3, -0.25) is 4.79 Å². The molecule has 0 aliphatic rings. The molecule has 0 fully saturated rings. The molecule has 0 spiro atoms. The van der Waals surface area contributed by atoms with Crippen LogP contribution < -0.4 is 15.2 Å². The van der Waals surface area contributed by atoms with Gasteiger partial charge in [0.25, 0.3) is 5.91 Å². The molecule has 12 heteroatoms. The second kappa shape index (κ2) is 8.71. The van der Waals surface area contributed by atoms with E-state index >= 15 is 0 Å². The van der Waals surface area contributed by atoms with Crippen molar-refractivity contribution in [3.8, 4) is 5.75 Å². The SMILES string of the molecule is COc1ccc(C(=O)OC(C)C(=O)Nc2ccc(C(F)(F)F)cc2)cc1S(N)(=O)=O. The fourth-order valence-electron chi connectivity index (χ4n) is 2.29. The minimum atomic E-state index is -4.51. The molecule has 0 heterocycles. The van der Waals surface area contributed by atoms with Gasteiger partial charge < -0.3 is 14.8 Å². The third kappa shape index (κ3) is 5.70. The van der Waals surface area contributed by atoms with E-state index < -0.39 is 44.6 Å². The van der Waals surface area contributed by atoms with E-state index in [-0.39, 0.29) is 17.0 Å². The molecule has 0 bridgehead atoms. The van der Waals surface area contributed by atoms with Gasteiger partial charge in [0.2, 0.25) is 10.0 Å². The van der Waals surface area contributed by atoms with E-state index in [1.54, 1.807) is 0 Å². The number of rotatable bonds is 6. The van der Waals surface area contributed by atoms with Crippen molar-refractivity contribution in [1.82, 2.24) is 0 Å². The van der Waals surface area contributed by atoms with Crippen LogP contribution in [0.2, 0.25) is 0 Å². The van der Waals surface area contributed by atoms with Crippen LogP contribution >= 0.6 is 0 Å². The number of sulfonamides is 1. The Morgan fingerprint density at radius 3 is 2.20 bits per heavy atom. The summed E-state index contributed by atoms with van der Waals surface area (Å²) in [5, 5.41) is 7.39. The molecule has 162 valence electrons. The number of anilines is 1. The number of benzene rings is 2. The largest absolute Gasteiger partial charge is 0.495 e. The average molecular weight is 446 g/mol. The van der Waals surface area contributed by atoms with Gasteiger partial charge in [-0.25, -0.2) is 18.4 Å². The highest BCUT2D eigenvalue weighted by Gasteiger charge is 2.30. The van der Waals surface area contributed by atoms with Crippen LogP contribution in [0, 0.1) is 0 Å². The van der Waals surface area contributed by atoms with Gasteiger partial charge in [0, 0.05) is 5.69 Å². The van der Waals surface area contributed by atoms with Crippen LogP contribution in [-0.2, 0) is 25.7 Å². The Balaban J connectivity index is 2.09. The molecule has 2 aromatic carbocycles. The average Bonchev–Trinajstić information content (AvgIpc) is 2.66. The number of alkyl halides is 3. The standard InChI is InChI=1S/C18H17F3N2O6S/c1-10(16(24)23-13-6-4-12(5-7-13)18(19,20)21)29-17(25)11-3-8-14(28-2)15(9-11)30(22,26)27/h3-10H,1-2H3,(H,23,24)(H2,22,26,27). The van der Waals surface area contributed by atoms with Gasteiger partial charge in [-0.15, -0.1) is 0 Å². The number of amides is 1. The second-order valence-electron chi connectivity index (χ2n) is 6.02. The highest BCUT2D eigenvalue weighted by Crippen LogP contribution is 2.30. The Kier molecular flexibility index (Phi) is 6.73. The lowest BCUT2D eigenvalue weighted by Crippen LogP contribution is -2.30. The third-order valence-electron chi connectivity index (χ3n) is 3.84. The Morgan fingerprint density at radius 1 is 1.10 bits per heavy atom. The number of nitrogens with one attached hydrogen (secondary N) is 1. The van der Waals surface area contributed by atoms with Crippen molar-refractivity contribution in [3.63, 3.8) is 0 Å².